The van der Waals surface area contributed by atoms with E-state index < -0.39 is 6.10 Å². The molecule has 2 aliphatic rings. The van der Waals surface area contributed by atoms with Crippen molar-refractivity contribution >= 4 is 11.5 Å². The highest BCUT2D eigenvalue weighted by atomic mass is 16.5. The van der Waals surface area contributed by atoms with E-state index in [1.54, 1.807) is 25.3 Å². The van der Waals surface area contributed by atoms with E-state index in [0.29, 0.717) is 24.4 Å². The van der Waals surface area contributed by atoms with Gasteiger partial charge in [0, 0.05) is 32.2 Å². The number of piperidine rings is 1. The van der Waals surface area contributed by atoms with E-state index in [0.717, 1.165) is 24.0 Å². The van der Waals surface area contributed by atoms with Gasteiger partial charge in [0.1, 0.15) is 17.7 Å². The molecule has 1 unspecified atom stereocenters. The molecule has 6 nitrogen and oxygen atoms in total. The molecule has 1 atom stereocenters. The van der Waals surface area contributed by atoms with Crippen LogP contribution in [-0.2, 0) is 16.0 Å². The highest BCUT2D eigenvalue weighted by molar-refractivity contribution is 6.09. The number of aliphatic hydroxyl groups is 2. The van der Waals surface area contributed by atoms with Gasteiger partial charge in [-0.15, -0.1) is 0 Å². The van der Waals surface area contributed by atoms with E-state index in [4.69, 9.17) is 4.74 Å². The Morgan fingerprint density at radius 3 is 2.65 bits per heavy atom. The highest BCUT2D eigenvalue weighted by Crippen LogP contribution is 2.37. The molecule has 26 heavy (non-hydrogen) atoms. The molecule has 3 rings (SSSR count). The first-order valence-corrected chi connectivity index (χ1v) is 8.82. The van der Waals surface area contributed by atoms with Crippen LogP contribution in [0.5, 0.6) is 0 Å². The minimum Gasteiger partial charge on any atom is -0.393 e. The van der Waals surface area contributed by atoms with Gasteiger partial charge in [-0.25, -0.2) is 0 Å². The fraction of sp³-hybridized carbons (Fsp3) is 0.500. The first-order chi connectivity index (χ1) is 12.4. The Balaban J connectivity index is 2.04. The normalized spacial score (nSPS) is 20.6. The van der Waals surface area contributed by atoms with E-state index in [2.05, 4.69) is 17.9 Å². The third-order valence-corrected chi connectivity index (χ3v) is 5.56. The summed E-state index contributed by atoms with van der Waals surface area (Å²) in [5.74, 6) is -0.175. The van der Waals surface area contributed by atoms with Crippen LogP contribution in [0.15, 0.2) is 23.8 Å². The zero-order valence-electron chi connectivity index (χ0n) is 15.2. The number of methoxy groups -OCH3 is 1. The summed E-state index contributed by atoms with van der Waals surface area (Å²) in [6.07, 6.45) is 0.798. The summed E-state index contributed by atoms with van der Waals surface area (Å²) < 4.78 is 5.59. The molecule has 1 aromatic rings. The second-order valence-electron chi connectivity index (χ2n) is 7.19. The number of carbonyl (C=O) groups is 1. The van der Waals surface area contributed by atoms with Crippen molar-refractivity contribution in [1.29, 1.82) is 5.26 Å². The van der Waals surface area contributed by atoms with Gasteiger partial charge in [-0.05, 0) is 37.0 Å². The number of ketones is 1. The summed E-state index contributed by atoms with van der Waals surface area (Å²) in [6, 6.07) is 7.40. The van der Waals surface area contributed by atoms with Gasteiger partial charge in [-0.2, -0.15) is 5.26 Å². The summed E-state index contributed by atoms with van der Waals surface area (Å²) >= 11 is 0. The molecule has 1 heterocycles. The number of likely N-dealkylation sites (tertiary alicyclic amines) is 1. The maximum atomic E-state index is 12.5. The van der Waals surface area contributed by atoms with Crippen molar-refractivity contribution in [3.05, 3.63) is 40.5 Å². The van der Waals surface area contributed by atoms with Crippen molar-refractivity contribution in [2.75, 3.05) is 26.8 Å². The molecule has 1 fully saturated rings. The summed E-state index contributed by atoms with van der Waals surface area (Å²) in [4.78, 5) is 14.6. The maximum absolute atomic E-state index is 12.5. The zero-order valence-corrected chi connectivity index (χ0v) is 15.2. The number of hydrogen-bond donors (Lipinski definition) is 2. The van der Waals surface area contributed by atoms with Crippen molar-refractivity contribution in [3.8, 4) is 6.07 Å². The number of allylic oxidation sites excluding steroid dienone is 1. The van der Waals surface area contributed by atoms with Crippen molar-refractivity contribution in [2.24, 2.45) is 0 Å². The van der Waals surface area contributed by atoms with Crippen LogP contribution >= 0.6 is 0 Å². The molecule has 0 bridgehead atoms. The fourth-order valence-corrected chi connectivity index (χ4v) is 3.66. The number of nitrogens with zero attached hydrogens (tertiary/aromatic N) is 2. The topological polar surface area (TPSA) is 93.8 Å². The number of aliphatic hydroxyl groups excluding tert-OH is 2. The molecule has 0 aromatic heterocycles. The van der Waals surface area contributed by atoms with Crippen molar-refractivity contribution in [2.45, 2.75) is 37.9 Å². The Labute approximate surface area is 153 Å². The first kappa shape index (κ1) is 18.6. The van der Waals surface area contributed by atoms with Crippen LogP contribution in [0.2, 0.25) is 0 Å². The average molecular weight is 356 g/mol. The lowest BCUT2D eigenvalue weighted by atomic mass is 9.84. The fourth-order valence-electron chi connectivity index (χ4n) is 3.66. The first-order valence-electron chi connectivity index (χ1n) is 8.82. The molecule has 138 valence electrons. The standard InChI is InChI=1S/C20H24N2O4/c1-20(26-2)5-7-22(8-6-20)19-15-9-14(18(25)12-23)4-3-13(15)10-17(24)16(19)11-21/h3-4,9,18,23,25H,5-8,10,12H2,1-2H3. The Hall–Kier alpha value is -2.20. The Morgan fingerprint density at radius 2 is 2.08 bits per heavy atom. The molecular formula is C20H24N2O4. The number of benzene rings is 1. The van der Waals surface area contributed by atoms with E-state index in [1.807, 2.05) is 0 Å². The summed E-state index contributed by atoms with van der Waals surface area (Å²) in [5.41, 5.74) is 2.85. The number of rotatable bonds is 4. The predicted octanol–water partition coefficient (Wildman–Crippen LogP) is 1.57. The number of hydrogen-bond acceptors (Lipinski definition) is 6. The lowest BCUT2D eigenvalue weighted by molar-refractivity contribution is -0.114. The largest absolute Gasteiger partial charge is 0.393 e. The molecular weight excluding hydrogens is 332 g/mol. The summed E-state index contributed by atoms with van der Waals surface area (Å²) in [6.45, 7) is 3.06. The molecule has 0 saturated carbocycles. The van der Waals surface area contributed by atoms with Gasteiger partial charge in [0.05, 0.1) is 17.9 Å². The molecule has 0 amide bonds. The maximum Gasteiger partial charge on any atom is 0.179 e. The van der Waals surface area contributed by atoms with Crippen LogP contribution in [-0.4, -0.2) is 53.3 Å². The van der Waals surface area contributed by atoms with Gasteiger partial charge in [-0.1, -0.05) is 12.1 Å². The van der Waals surface area contributed by atoms with Crippen molar-refractivity contribution in [1.82, 2.24) is 4.90 Å². The minimum atomic E-state index is -0.983. The van der Waals surface area contributed by atoms with Crippen LogP contribution in [0.1, 0.15) is 42.6 Å². The van der Waals surface area contributed by atoms with Crippen LogP contribution in [0.4, 0.5) is 0 Å². The molecule has 1 aliphatic carbocycles. The number of fused-ring (bicyclic) bond motifs is 1. The van der Waals surface area contributed by atoms with E-state index in [-0.39, 0.29) is 30.0 Å². The van der Waals surface area contributed by atoms with Crippen molar-refractivity contribution < 1.29 is 19.7 Å². The van der Waals surface area contributed by atoms with Gasteiger partial charge in [-0.3, -0.25) is 4.79 Å². The molecule has 1 aromatic carbocycles. The lowest BCUT2D eigenvalue weighted by Crippen LogP contribution is -2.43. The second kappa shape index (κ2) is 7.20. The number of nitriles is 1. The van der Waals surface area contributed by atoms with Gasteiger partial charge >= 0.3 is 0 Å². The molecule has 0 radical (unpaired) electrons. The van der Waals surface area contributed by atoms with Crippen molar-refractivity contribution in [3.63, 3.8) is 0 Å². The number of ether oxygens (including phenoxy) is 1. The third-order valence-electron chi connectivity index (χ3n) is 5.56. The van der Waals surface area contributed by atoms with Gasteiger partial charge in [0.15, 0.2) is 5.78 Å². The molecule has 1 saturated heterocycles. The smallest absolute Gasteiger partial charge is 0.179 e. The van der Waals surface area contributed by atoms with Crippen LogP contribution < -0.4 is 0 Å². The second-order valence-corrected chi connectivity index (χ2v) is 7.19. The van der Waals surface area contributed by atoms with Gasteiger partial charge in [0.25, 0.3) is 0 Å². The Morgan fingerprint density at radius 1 is 1.38 bits per heavy atom. The minimum absolute atomic E-state index is 0.175. The quantitative estimate of drug-likeness (QED) is 0.851. The third kappa shape index (κ3) is 3.26. The lowest BCUT2D eigenvalue weighted by Gasteiger charge is -2.41. The zero-order chi connectivity index (χ0) is 18.9. The van der Waals surface area contributed by atoms with E-state index >= 15 is 0 Å². The van der Waals surface area contributed by atoms with E-state index in [9.17, 15) is 20.3 Å². The molecule has 6 heteroatoms. The molecule has 2 N–H and O–H groups in total. The Bertz CT molecular complexity index is 785. The monoisotopic (exact) mass is 356 g/mol. The van der Waals surface area contributed by atoms with Gasteiger partial charge in [0.2, 0.25) is 0 Å². The Kier molecular flexibility index (Phi) is 5.15. The van der Waals surface area contributed by atoms with Gasteiger partial charge < -0.3 is 19.8 Å². The summed E-state index contributed by atoms with van der Waals surface area (Å²) in [7, 11) is 1.71. The van der Waals surface area contributed by atoms with Crippen LogP contribution in [0.3, 0.4) is 0 Å². The highest BCUT2D eigenvalue weighted by Gasteiger charge is 2.35. The number of carbonyl (C=O) groups excluding carboxylic acids is 1. The molecule has 0 spiro atoms. The average Bonchev–Trinajstić information content (AvgIpc) is 2.66. The summed E-state index contributed by atoms with van der Waals surface area (Å²) in [5, 5.41) is 28.8. The predicted molar refractivity (Wildman–Crippen MR) is 96.0 cm³/mol. The molecule has 1 aliphatic heterocycles. The number of Topliss-reactive ketones (excluding diaryl/α,β-unsaturated/α-hetero) is 1. The SMILES string of the molecule is COC1(C)CCN(C2=C(C#N)C(=O)Cc3ccc(C(O)CO)cc32)CC1. The van der Waals surface area contributed by atoms with Crippen LogP contribution in [0, 0.1) is 11.3 Å². The van der Waals surface area contributed by atoms with Crippen LogP contribution in [0.25, 0.3) is 5.70 Å². The van der Waals surface area contributed by atoms with E-state index in [1.165, 1.54) is 0 Å².